The molecule has 2 aliphatic heterocycles. The van der Waals surface area contributed by atoms with Gasteiger partial charge < -0.3 is 10.1 Å². The summed E-state index contributed by atoms with van der Waals surface area (Å²) >= 11 is 0. The third kappa shape index (κ3) is 4.85. The van der Waals surface area contributed by atoms with Gasteiger partial charge in [-0.3, -0.25) is 9.80 Å². The number of benzene rings is 3. The zero-order chi connectivity index (χ0) is 25.3. The molecule has 3 aromatic carbocycles. The molecule has 0 aliphatic carbocycles. The molecule has 2 heterocycles. The van der Waals surface area contributed by atoms with Gasteiger partial charge in [-0.05, 0) is 85.8 Å². The number of rotatable bonds is 5. The summed E-state index contributed by atoms with van der Waals surface area (Å²) in [6.45, 7) is 10.2. The van der Waals surface area contributed by atoms with Gasteiger partial charge in [0.15, 0.2) is 0 Å². The van der Waals surface area contributed by atoms with E-state index in [1.165, 1.54) is 22.3 Å². The predicted octanol–water partition coefficient (Wildman–Crippen LogP) is 6.71. The number of hydrogen-bond acceptors (Lipinski definition) is 3. The number of aryl methyl sites for hydroxylation is 1. The molecule has 5 nitrogen and oxygen atoms in total. The summed E-state index contributed by atoms with van der Waals surface area (Å²) in [7, 11) is 1.71. The van der Waals surface area contributed by atoms with Crippen molar-refractivity contribution in [2.24, 2.45) is 0 Å². The zero-order valence-electron chi connectivity index (χ0n) is 21.9. The number of likely N-dealkylation sites (tertiary alicyclic amines) is 1. The Balaban J connectivity index is 1.31. The van der Waals surface area contributed by atoms with E-state index in [1.54, 1.807) is 7.11 Å². The Hall–Kier alpha value is -3.31. The molecule has 1 spiro atoms. The van der Waals surface area contributed by atoms with Crippen LogP contribution < -0.4 is 15.0 Å². The highest BCUT2D eigenvalue weighted by atomic mass is 16.5. The van der Waals surface area contributed by atoms with Gasteiger partial charge in [-0.25, -0.2) is 4.79 Å². The number of carbonyl (C=O) groups is 1. The first-order chi connectivity index (χ1) is 17.4. The van der Waals surface area contributed by atoms with Crippen LogP contribution in [0.5, 0.6) is 5.75 Å². The third-order valence-corrected chi connectivity index (χ3v) is 7.90. The van der Waals surface area contributed by atoms with Crippen molar-refractivity contribution in [2.45, 2.75) is 51.5 Å². The molecule has 0 bridgehead atoms. The van der Waals surface area contributed by atoms with E-state index in [9.17, 15) is 4.79 Å². The number of ether oxygens (including phenoxy) is 1. The molecule has 1 fully saturated rings. The first-order valence-corrected chi connectivity index (χ1v) is 13.0. The highest BCUT2D eigenvalue weighted by Gasteiger charge is 2.46. The number of urea groups is 1. The molecule has 1 N–H and O–H groups in total. The summed E-state index contributed by atoms with van der Waals surface area (Å²) in [6.07, 6.45) is 2.08. The number of methoxy groups -OCH3 is 1. The maximum absolute atomic E-state index is 13.5. The van der Waals surface area contributed by atoms with Gasteiger partial charge in [0.25, 0.3) is 0 Å². The molecule has 0 unspecified atom stereocenters. The Morgan fingerprint density at radius 3 is 2.47 bits per heavy atom. The number of amides is 2. The summed E-state index contributed by atoms with van der Waals surface area (Å²) in [5, 5.41) is 3.14. The van der Waals surface area contributed by atoms with Crippen molar-refractivity contribution in [1.29, 1.82) is 0 Å². The molecule has 0 atom stereocenters. The van der Waals surface area contributed by atoms with Crippen molar-refractivity contribution in [2.75, 3.05) is 37.0 Å². The smallest absolute Gasteiger partial charge is 0.326 e. The lowest BCUT2D eigenvalue weighted by atomic mass is 9.74. The van der Waals surface area contributed by atoms with Gasteiger partial charge in [0, 0.05) is 29.9 Å². The Labute approximate surface area is 215 Å². The number of fused-ring (bicyclic) bond motifs is 2. The van der Waals surface area contributed by atoms with Crippen LogP contribution in [0.25, 0.3) is 0 Å². The van der Waals surface area contributed by atoms with Gasteiger partial charge in [-0.1, -0.05) is 55.8 Å². The highest BCUT2D eigenvalue weighted by Crippen LogP contribution is 2.47. The third-order valence-electron chi connectivity index (χ3n) is 7.90. The molecule has 0 radical (unpaired) electrons. The average Bonchev–Trinajstić information content (AvgIpc) is 3.19. The summed E-state index contributed by atoms with van der Waals surface area (Å²) < 4.78 is 5.40. The molecule has 0 saturated carbocycles. The van der Waals surface area contributed by atoms with Gasteiger partial charge in [0.2, 0.25) is 0 Å². The summed E-state index contributed by atoms with van der Waals surface area (Å²) in [5.41, 5.74) is 7.02. The van der Waals surface area contributed by atoms with E-state index >= 15 is 0 Å². The van der Waals surface area contributed by atoms with E-state index in [1.807, 2.05) is 23.1 Å². The summed E-state index contributed by atoms with van der Waals surface area (Å²) in [4.78, 5) is 17.9. The largest absolute Gasteiger partial charge is 0.497 e. The summed E-state index contributed by atoms with van der Waals surface area (Å²) in [6, 6.07) is 23.1. The van der Waals surface area contributed by atoms with Crippen LogP contribution in [0.2, 0.25) is 0 Å². The van der Waals surface area contributed by atoms with Crippen LogP contribution in [-0.2, 0) is 12.0 Å². The number of anilines is 2. The topological polar surface area (TPSA) is 44.8 Å². The highest BCUT2D eigenvalue weighted by molar-refractivity contribution is 6.03. The standard InChI is InChI=1S/C31H37N3O2/c1-22(2)25-9-11-26(12-10-25)32-30(35)34-21-31(28-18-23(3)8-13-29(28)34)14-16-33(17-15-31)20-24-6-5-7-27(19-24)36-4/h5-13,18-19,22H,14-17,20-21H2,1-4H3,(H,32,35). The van der Waals surface area contributed by atoms with Gasteiger partial charge in [-0.15, -0.1) is 0 Å². The van der Waals surface area contributed by atoms with Crippen LogP contribution in [-0.4, -0.2) is 37.7 Å². The maximum atomic E-state index is 13.5. The molecule has 5 heteroatoms. The number of nitrogens with zero attached hydrogens (tertiary/aromatic N) is 2. The number of piperidine rings is 1. The fourth-order valence-electron chi connectivity index (χ4n) is 5.70. The minimum atomic E-state index is -0.0481. The van der Waals surface area contributed by atoms with Gasteiger partial charge in [-0.2, -0.15) is 0 Å². The second-order valence-corrected chi connectivity index (χ2v) is 10.7. The molecule has 1 saturated heterocycles. The average molecular weight is 484 g/mol. The molecule has 2 amide bonds. The van der Waals surface area contributed by atoms with Crippen LogP contribution in [0.4, 0.5) is 16.2 Å². The van der Waals surface area contributed by atoms with E-state index in [2.05, 4.69) is 79.5 Å². The minimum absolute atomic E-state index is 0.00503. The fourth-order valence-corrected chi connectivity index (χ4v) is 5.70. The first-order valence-electron chi connectivity index (χ1n) is 13.0. The maximum Gasteiger partial charge on any atom is 0.326 e. The number of nitrogens with one attached hydrogen (secondary N) is 1. The van der Waals surface area contributed by atoms with Crippen molar-refractivity contribution < 1.29 is 9.53 Å². The molecular formula is C31H37N3O2. The van der Waals surface area contributed by atoms with E-state index < -0.39 is 0 Å². The van der Waals surface area contributed by atoms with Crippen molar-refractivity contribution in [3.63, 3.8) is 0 Å². The number of hydrogen-bond donors (Lipinski definition) is 1. The lowest BCUT2D eigenvalue weighted by Gasteiger charge is -2.40. The normalized spacial score (nSPS) is 16.9. The van der Waals surface area contributed by atoms with Crippen LogP contribution in [0.1, 0.15) is 54.9 Å². The summed E-state index contributed by atoms with van der Waals surface area (Å²) in [5.74, 6) is 1.37. The van der Waals surface area contributed by atoms with Crippen molar-refractivity contribution in [3.05, 3.63) is 89.0 Å². The van der Waals surface area contributed by atoms with Crippen molar-refractivity contribution >= 4 is 17.4 Å². The van der Waals surface area contributed by atoms with E-state index in [-0.39, 0.29) is 11.4 Å². The first kappa shape index (κ1) is 24.4. The predicted molar refractivity (Wildman–Crippen MR) is 147 cm³/mol. The van der Waals surface area contributed by atoms with Crippen LogP contribution in [0.15, 0.2) is 66.7 Å². The Kier molecular flexibility index (Phi) is 6.76. The SMILES string of the molecule is COc1cccc(CN2CCC3(CC2)CN(C(=O)Nc2ccc(C(C)C)cc2)c2ccc(C)cc23)c1. The van der Waals surface area contributed by atoms with Gasteiger partial charge in [0.05, 0.1) is 7.11 Å². The quantitative estimate of drug-likeness (QED) is 0.438. The zero-order valence-corrected chi connectivity index (χ0v) is 21.9. The monoisotopic (exact) mass is 483 g/mol. The molecule has 36 heavy (non-hydrogen) atoms. The van der Waals surface area contributed by atoms with Crippen molar-refractivity contribution in [1.82, 2.24) is 4.90 Å². The van der Waals surface area contributed by atoms with Crippen LogP contribution in [0.3, 0.4) is 0 Å². The lowest BCUT2D eigenvalue weighted by Crippen LogP contribution is -2.46. The van der Waals surface area contributed by atoms with Crippen molar-refractivity contribution in [3.8, 4) is 5.75 Å². The van der Waals surface area contributed by atoms with Gasteiger partial charge >= 0.3 is 6.03 Å². The molecule has 3 aromatic rings. The molecule has 5 rings (SSSR count). The second-order valence-electron chi connectivity index (χ2n) is 10.7. The molecule has 2 aliphatic rings. The molecular weight excluding hydrogens is 446 g/mol. The molecule has 188 valence electrons. The van der Waals surface area contributed by atoms with E-state index in [0.717, 1.165) is 56.1 Å². The van der Waals surface area contributed by atoms with Crippen LogP contribution in [0, 0.1) is 6.92 Å². The van der Waals surface area contributed by atoms with Gasteiger partial charge in [0.1, 0.15) is 5.75 Å². The Morgan fingerprint density at radius 2 is 1.78 bits per heavy atom. The fraction of sp³-hybridized carbons (Fsp3) is 0.387. The van der Waals surface area contributed by atoms with E-state index in [4.69, 9.17) is 4.74 Å². The number of carbonyl (C=O) groups excluding carboxylic acids is 1. The Bertz CT molecular complexity index is 1230. The van der Waals surface area contributed by atoms with Crippen LogP contribution >= 0.6 is 0 Å². The Morgan fingerprint density at radius 1 is 1.03 bits per heavy atom. The minimum Gasteiger partial charge on any atom is -0.497 e. The lowest BCUT2D eigenvalue weighted by molar-refractivity contribution is 0.160. The second kappa shape index (κ2) is 9.98. The van der Waals surface area contributed by atoms with E-state index in [0.29, 0.717) is 5.92 Å². The molecule has 0 aromatic heterocycles.